The second-order valence-electron chi connectivity index (χ2n) is 4.36. The summed E-state index contributed by atoms with van der Waals surface area (Å²) in [5, 5.41) is 4.02. The van der Waals surface area contributed by atoms with Crippen LogP contribution in [-0.2, 0) is 6.54 Å². The average Bonchev–Trinajstić information content (AvgIpc) is 3.18. The van der Waals surface area contributed by atoms with Crippen LogP contribution in [0.3, 0.4) is 0 Å². The molecule has 0 aromatic heterocycles. The molecule has 5 heteroatoms. The smallest absolute Gasteiger partial charge is 0.180 e. The Hall–Kier alpha value is -0.900. The third-order valence-electron chi connectivity index (χ3n) is 2.81. The van der Waals surface area contributed by atoms with Crippen LogP contribution in [0.25, 0.3) is 0 Å². The Morgan fingerprint density at radius 1 is 1.47 bits per heavy atom. The first-order valence-corrected chi connectivity index (χ1v) is 6.46. The minimum absolute atomic E-state index is 0. The molecular weight excluding hydrogens is 285 g/mol. The maximum absolute atomic E-state index is 6.21. The van der Waals surface area contributed by atoms with Gasteiger partial charge < -0.3 is 27.2 Å². The quantitative estimate of drug-likeness (QED) is 0.729. The van der Waals surface area contributed by atoms with Crippen LogP contribution in [0.15, 0.2) is 24.8 Å². The van der Waals surface area contributed by atoms with E-state index >= 15 is 0 Å². The van der Waals surface area contributed by atoms with Crippen molar-refractivity contribution in [2.45, 2.75) is 25.4 Å². The van der Waals surface area contributed by atoms with Crippen molar-refractivity contribution in [2.75, 3.05) is 13.7 Å². The van der Waals surface area contributed by atoms with E-state index in [0.717, 1.165) is 12.1 Å². The molecule has 19 heavy (non-hydrogen) atoms. The Morgan fingerprint density at radius 2 is 2.21 bits per heavy atom. The maximum Gasteiger partial charge on any atom is 0.180 e. The van der Waals surface area contributed by atoms with E-state index in [1.54, 1.807) is 13.2 Å². The molecule has 1 fully saturated rings. The molecule has 0 heterocycles. The Morgan fingerprint density at radius 3 is 2.79 bits per heavy atom. The Labute approximate surface area is 125 Å². The largest absolute Gasteiger partial charge is 1.00 e. The Kier molecular flexibility index (Phi) is 6.49. The summed E-state index contributed by atoms with van der Waals surface area (Å²) in [6.45, 7) is 4.84. The van der Waals surface area contributed by atoms with E-state index in [9.17, 15) is 0 Å². The van der Waals surface area contributed by atoms with Crippen LogP contribution in [0.1, 0.15) is 18.4 Å². The van der Waals surface area contributed by atoms with E-state index in [1.807, 2.05) is 12.1 Å². The van der Waals surface area contributed by atoms with Crippen molar-refractivity contribution in [1.29, 1.82) is 0 Å². The third kappa shape index (κ3) is 4.60. The summed E-state index contributed by atoms with van der Waals surface area (Å²) in [6, 6.07) is 4.55. The Balaban J connectivity index is 0.00000180. The van der Waals surface area contributed by atoms with Gasteiger partial charge in [-0.1, -0.05) is 24.3 Å². The molecule has 2 rings (SSSR count). The molecule has 0 unspecified atom stereocenters. The molecule has 0 aliphatic heterocycles. The van der Waals surface area contributed by atoms with E-state index in [-0.39, 0.29) is 12.4 Å². The SMILES string of the molecule is C=CCOc1c(Cl)cc(CNC2CC2)cc1OC.[Cl-]. The fourth-order valence-corrected chi connectivity index (χ4v) is 2.00. The van der Waals surface area contributed by atoms with Crippen LogP contribution in [0, 0.1) is 0 Å². The summed E-state index contributed by atoms with van der Waals surface area (Å²) in [4.78, 5) is 0. The van der Waals surface area contributed by atoms with Gasteiger partial charge in [0, 0.05) is 12.6 Å². The molecule has 0 atom stereocenters. The first kappa shape index (κ1) is 16.2. The summed E-state index contributed by atoms with van der Waals surface area (Å²) < 4.78 is 10.8. The topological polar surface area (TPSA) is 30.5 Å². The van der Waals surface area contributed by atoms with Crippen molar-refractivity contribution in [3.63, 3.8) is 0 Å². The van der Waals surface area contributed by atoms with Gasteiger partial charge in [0.15, 0.2) is 11.5 Å². The van der Waals surface area contributed by atoms with Gasteiger partial charge in [0.05, 0.1) is 12.1 Å². The second kappa shape index (κ2) is 7.63. The molecule has 1 aliphatic rings. The molecule has 1 aliphatic carbocycles. The van der Waals surface area contributed by atoms with Crippen LogP contribution in [0.4, 0.5) is 0 Å². The highest BCUT2D eigenvalue weighted by Crippen LogP contribution is 2.36. The van der Waals surface area contributed by atoms with Crippen LogP contribution in [0.2, 0.25) is 5.02 Å². The molecule has 3 nitrogen and oxygen atoms in total. The molecule has 0 radical (unpaired) electrons. The van der Waals surface area contributed by atoms with Crippen LogP contribution in [0.5, 0.6) is 11.5 Å². The maximum atomic E-state index is 6.21. The van der Waals surface area contributed by atoms with Crippen molar-refractivity contribution in [3.05, 3.63) is 35.4 Å². The lowest BCUT2D eigenvalue weighted by Crippen LogP contribution is -3.00. The fraction of sp³-hybridized carbons (Fsp3) is 0.429. The average molecular weight is 303 g/mol. The van der Waals surface area contributed by atoms with Crippen LogP contribution >= 0.6 is 11.6 Å². The number of nitrogens with one attached hydrogen (secondary N) is 1. The third-order valence-corrected chi connectivity index (χ3v) is 3.09. The molecule has 106 valence electrons. The van der Waals surface area contributed by atoms with Gasteiger partial charge in [-0.3, -0.25) is 0 Å². The first-order chi connectivity index (χ1) is 8.74. The standard InChI is InChI=1S/C14H18ClNO2.ClH/c1-3-6-18-14-12(15)7-10(8-13(14)17-2)9-16-11-4-5-11;/h3,7-8,11,16H,1,4-6,9H2,2H3;1H/p-1. The Bertz CT molecular complexity index is 434. The number of benzene rings is 1. The molecule has 0 bridgehead atoms. The van der Waals surface area contributed by atoms with Gasteiger partial charge in [-0.2, -0.15) is 0 Å². The van der Waals surface area contributed by atoms with Crippen molar-refractivity contribution in [1.82, 2.24) is 5.32 Å². The predicted octanol–water partition coefficient (Wildman–Crippen LogP) is 0.169. The lowest BCUT2D eigenvalue weighted by atomic mass is 10.2. The van der Waals surface area contributed by atoms with Gasteiger partial charge in [0.2, 0.25) is 0 Å². The van der Waals surface area contributed by atoms with E-state index in [2.05, 4.69) is 11.9 Å². The lowest BCUT2D eigenvalue weighted by Gasteiger charge is -2.13. The van der Waals surface area contributed by atoms with Crippen molar-refractivity contribution >= 4 is 11.6 Å². The molecule has 0 amide bonds. The number of hydrogen-bond acceptors (Lipinski definition) is 3. The highest BCUT2D eigenvalue weighted by molar-refractivity contribution is 6.32. The molecule has 1 saturated carbocycles. The van der Waals surface area contributed by atoms with Crippen molar-refractivity contribution < 1.29 is 21.9 Å². The predicted molar refractivity (Wildman–Crippen MR) is 73.6 cm³/mol. The summed E-state index contributed by atoms with van der Waals surface area (Å²) in [6.07, 6.45) is 4.22. The van der Waals surface area contributed by atoms with E-state index in [0.29, 0.717) is 29.2 Å². The lowest BCUT2D eigenvalue weighted by molar-refractivity contribution is -0.00000425. The minimum Gasteiger partial charge on any atom is -1.00 e. The normalized spacial score (nSPS) is 13.6. The van der Waals surface area contributed by atoms with E-state index in [1.165, 1.54) is 12.8 Å². The summed E-state index contributed by atoms with van der Waals surface area (Å²) in [5.74, 6) is 1.24. The molecule has 1 aromatic rings. The van der Waals surface area contributed by atoms with Gasteiger partial charge in [0.25, 0.3) is 0 Å². The number of methoxy groups -OCH3 is 1. The van der Waals surface area contributed by atoms with Gasteiger partial charge in [0.1, 0.15) is 6.61 Å². The first-order valence-electron chi connectivity index (χ1n) is 6.08. The highest BCUT2D eigenvalue weighted by atomic mass is 35.5. The van der Waals surface area contributed by atoms with Crippen molar-refractivity contribution in [2.24, 2.45) is 0 Å². The number of ether oxygens (including phenoxy) is 2. The van der Waals surface area contributed by atoms with Crippen molar-refractivity contribution in [3.8, 4) is 11.5 Å². The highest BCUT2D eigenvalue weighted by Gasteiger charge is 2.20. The fourth-order valence-electron chi connectivity index (χ4n) is 1.71. The molecule has 0 saturated heterocycles. The van der Waals surface area contributed by atoms with Gasteiger partial charge in [-0.05, 0) is 30.5 Å². The number of hydrogen-bond donors (Lipinski definition) is 1. The molecule has 0 spiro atoms. The molecular formula is C14H18Cl2NO2-. The van der Waals surface area contributed by atoms with Crippen LogP contribution in [-0.4, -0.2) is 19.8 Å². The van der Waals surface area contributed by atoms with Gasteiger partial charge in [-0.15, -0.1) is 0 Å². The van der Waals surface area contributed by atoms with E-state index < -0.39 is 0 Å². The monoisotopic (exact) mass is 302 g/mol. The zero-order valence-electron chi connectivity index (χ0n) is 10.9. The van der Waals surface area contributed by atoms with E-state index in [4.69, 9.17) is 21.1 Å². The number of halogens is 2. The second-order valence-corrected chi connectivity index (χ2v) is 4.77. The van der Waals surface area contributed by atoms with Gasteiger partial charge in [-0.25, -0.2) is 0 Å². The summed E-state index contributed by atoms with van der Waals surface area (Å²) in [5.41, 5.74) is 1.11. The zero-order valence-corrected chi connectivity index (χ0v) is 12.4. The molecule has 1 aromatic carbocycles. The summed E-state index contributed by atoms with van der Waals surface area (Å²) in [7, 11) is 1.62. The summed E-state index contributed by atoms with van der Waals surface area (Å²) >= 11 is 6.21. The minimum atomic E-state index is 0. The molecule has 1 N–H and O–H groups in total. The zero-order chi connectivity index (χ0) is 13.0. The number of rotatable bonds is 7. The van der Waals surface area contributed by atoms with Gasteiger partial charge >= 0.3 is 0 Å². The van der Waals surface area contributed by atoms with Crippen LogP contribution < -0.4 is 27.2 Å².